The van der Waals surface area contributed by atoms with E-state index in [1.165, 1.54) is 6.07 Å². The summed E-state index contributed by atoms with van der Waals surface area (Å²) in [6.07, 6.45) is 1.66. The summed E-state index contributed by atoms with van der Waals surface area (Å²) in [7, 11) is 0. The summed E-state index contributed by atoms with van der Waals surface area (Å²) in [6, 6.07) is 4.71. The minimum absolute atomic E-state index is 0.0446. The van der Waals surface area contributed by atoms with Crippen LogP contribution in [0.2, 0.25) is 0 Å². The number of nitrogens with zero attached hydrogens (tertiary/aromatic N) is 1. The van der Waals surface area contributed by atoms with Crippen molar-refractivity contribution in [3.05, 3.63) is 55.8 Å². The Hall–Kier alpha value is -2.15. The lowest BCUT2D eigenvalue weighted by Crippen LogP contribution is -2.13. The number of hydrogen-bond acceptors (Lipinski definition) is 3. The van der Waals surface area contributed by atoms with Gasteiger partial charge in [-0.3, -0.25) is 14.9 Å². The van der Waals surface area contributed by atoms with Gasteiger partial charge in [0.25, 0.3) is 11.6 Å². The predicted molar refractivity (Wildman–Crippen MR) is 79.0 cm³/mol. The molecule has 104 valence electrons. The smallest absolute Gasteiger partial charge is 0.272 e. The van der Waals surface area contributed by atoms with Crippen molar-refractivity contribution in [2.45, 2.75) is 13.8 Å². The van der Waals surface area contributed by atoms with Crippen molar-refractivity contribution < 1.29 is 9.72 Å². The molecule has 0 unspecified atom stereocenters. The Morgan fingerprint density at radius 2 is 2.00 bits per heavy atom. The van der Waals surface area contributed by atoms with Crippen LogP contribution in [-0.2, 0) is 0 Å². The van der Waals surface area contributed by atoms with E-state index in [2.05, 4.69) is 26.2 Å². The molecule has 1 aromatic heterocycles. The summed E-state index contributed by atoms with van der Waals surface area (Å²) in [5, 5.41) is 13.6. The quantitative estimate of drug-likeness (QED) is 0.663. The molecular formula is C13H12BrN3O3. The molecule has 20 heavy (non-hydrogen) atoms. The maximum Gasteiger partial charge on any atom is 0.272 e. The molecule has 0 aliphatic heterocycles. The number of aryl methyl sites for hydroxylation is 2. The largest absolute Gasteiger partial charge is 0.356 e. The lowest BCUT2D eigenvalue weighted by atomic mass is 10.1. The molecule has 0 fully saturated rings. The number of carbonyl (C=O) groups excluding carboxylic acids is 1. The summed E-state index contributed by atoms with van der Waals surface area (Å²) >= 11 is 3.25. The van der Waals surface area contributed by atoms with Crippen molar-refractivity contribution >= 4 is 33.2 Å². The second-order valence-electron chi connectivity index (χ2n) is 4.40. The maximum absolute atomic E-state index is 12.0. The summed E-state index contributed by atoms with van der Waals surface area (Å²) in [5.74, 6) is -0.299. The number of rotatable bonds is 3. The van der Waals surface area contributed by atoms with Gasteiger partial charge in [0.05, 0.1) is 4.92 Å². The van der Waals surface area contributed by atoms with E-state index in [1.54, 1.807) is 32.2 Å². The van der Waals surface area contributed by atoms with Gasteiger partial charge in [0, 0.05) is 28.0 Å². The van der Waals surface area contributed by atoms with Crippen LogP contribution in [0.25, 0.3) is 0 Å². The third kappa shape index (κ3) is 2.88. The van der Waals surface area contributed by atoms with E-state index < -0.39 is 4.92 Å². The van der Waals surface area contributed by atoms with Crippen LogP contribution < -0.4 is 5.32 Å². The van der Waals surface area contributed by atoms with Crippen LogP contribution in [0, 0.1) is 24.0 Å². The molecule has 0 aliphatic carbocycles. The Labute approximate surface area is 123 Å². The maximum atomic E-state index is 12.0. The average Bonchev–Trinajstić information content (AvgIpc) is 2.79. The molecule has 2 N–H and O–H groups in total. The first kappa shape index (κ1) is 14.3. The van der Waals surface area contributed by atoms with E-state index in [1.807, 2.05) is 0 Å². The SMILES string of the molecule is Cc1cc([N+](=O)[O-])c(C)cc1NC(=O)c1cc(Br)c[nH]1. The average molecular weight is 338 g/mol. The van der Waals surface area contributed by atoms with E-state index in [-0.39, 0.29) is 11.6 Å². The lowest BCUT2D eigenvalue weighted by Gasteiger charge is -2.09. The number of hydrogen-bond donors (Lipinski definition) is 2. The molecule has 7 heteroatoms. The Morgan fingerprint density at radius 3 is 2.55 bits per heavy atom. The highest BCUT2D eigenvalue weighted by Gasteiger charge is 2.15. The van der Waals surface area contributed by atoms with Gasteiger partial charge in [-0.25, -0.2) is 0 Å². The zero-order valence-corrected chi connectivity index (χ0v) is 12.4. The second kappa shape index (κ2) is 5.46. The molecule has 0 saturated carbocycles. The molecule has 0 radical (unpaired) electrons. The van der Waals surface area contributed by atoms with Crippen LogP contribution in [-0.4, -0.2) is 15.8 Å². The van der Waals surface area contributed by atoms with E-state index in [0.717, 1.165) is 4.47 Å². The molecule has 1 amide bonds. The minimum Gasteiger partial charge on any atom is -0.356 e. The van der Waals surface area contributed by atoms with Gasteiger partial charge in [-0.2, -0.15) is 0 Å². The monoisotopic (exact) mass is 337 g/mol. The van der Waals surface area contributed by atoms with Gasteiger partial charge in [-0.15, -0.1) is 0 Å². The number of halogens is 1. The molecule has 6 nitrogen and oxygen atoms in total. The summed E-state index contributed by atoms with van der Waals surface area (Å²) in [5.41, 5.74) is 2.16. The van der Waals surface area contributed by atoms with E-state index in [0.29, 0.717) is 22.5 Å². The standard InChI is InChI=1S/C13H12BrN3O3/c1-7-4-12(17(19)20)8(2)3-10(7)16-13(18)11-5-9(14)6-15-11/h3-6,15H,1-2H3,(H,16,18). The molecule has 0 saturated heterocycles. The number of H-pyrrole nitrogens is 1. The van der Waals surface area contributed by atoms with Gasteiger partial charge >= 0.3 is 0 Å². The molecule has 2 rings (SSSR count). The zero-order valence-electron chi connectivity index (χ0n) is 10.9. The first-order valence-corrected chi connectivity index (χ1v) is 6.58. The van der Waals surface area contributed by atoms with Crippen molar-refractivity contribution in [3.8, 4) is 0 Å². The fourth-order valence-electron chi connectivity index (χ4n) is 1.82. The van der Waals surface area contributed by atoms with Crippen molar-refractivity contribution in [1.29, 1.82) is 0 Å². The fraction of sp³-hybridized carbons (Fsp3) is 0.154. The molecule has 0 spiro atoms. The number of amides is 1. The van der Waals surface area contributed by atoms with Gasteiger partial charge in [-0.1, -0.05) is 0 Å². The summed E-state index contributed by atoms with van der Waals surface area (Å²) in [6.45, 7) is 3.35. The van der Waals surface area contributed by atoms with Crippen LogP contribution in [0.15, 0.2) is 28.9 Å². The molecule has 2 aromatic rings. The van der Waals surface area contributed by atoms with Crippen LogP contribution in [0.5, 0.6) is 0 Å². The van der Waals surface area contributed by atoms with Gasteiger partial charge in [0.2, 0.25) is 0 Å². The molecule has 1 aromatic carbocycles. The van der Waals surface area contributed by atoms with E-state index in [9.17, 15) is 14.9 Å². The van der Waals surface area contributed by atoms with E-state index >= 15 is 0 Å². The normalized spacial score (nSPS) is 10.3. The number of nitro groups is 1. The number of nitro benzene ring substituents is 1. The number of nitrogens with one attached hydrogen (secondary N) is 2. The van der Waals surface area contributed by atoms with E-state index in [4.69, 9.17) is 0 Å². The Kier molecular flexibility index (Phi) is 3.89. The first-order chi connectivity index (χ1) is 9.38. The van der Waals surface area contributed by atoms with Gasteiger partial charge in [0.15, 0.2) is 0 Å². The highest BCUT2D eigenvalue weighted by Crippen LogP contribution is 2.26. The van der Waals surface area contributed by atoms with Crippen LogP contribution in [0.3, 0.4) is 0 Å². The van der Waals surface area contributed by atoms with Crippen molar-refractivity contribution in [3.63, 3.8) is 0 Å². The van der Waals surface area contributed by atoms with Crippen LogP contribution in [0.1, 0.15) is 21.6 Å². The summed E-state index contributed by atoms with van der Waals surface area (Å²) in [4.78, 5) is 25.2. The van der Waals surface area contributed by atoms with Crippen molar-refractivity contribution in [2.75, 3.05) is 5.32 Å². The van der Waals surface area contributed by atoms with Gasteiger partial charge in [-0.05, 0) is 47.5 Å². The number of benzene rings is 1. The molecule has 0 bridgehead atoms. The highest BCUT2D eigenvalue weighted by atomic mass is 79.9. The zero-order chi connectivity index (χ0) is 14.9. The fourth-order valence-corrected chi connectivity index (χ4v) is 2.16. The Balaban J connectivity index is 2.28. The number of carbonyl (C=O) groups is 1. The third-order valence-corrected chi connectivity index (χ3v) is 3.34. The van der Waals surface area contributed by atoms with Gasteiger partial charge in [0.1, 0.15) is 5.69 Å². The molecule has 0 aliphatic rings. The second-order valence-corrected chi connectivity index (χ2v) is 5.31. The number of anilines is 1. The predicted octanol–water partition coefficient (Wildman–Crippen LogP) is 3.55. The minimum atomic E-state index is -0.435. The highest BCUT2D eigenvalue weighted by molar-refractivity contribution is 9.10. The number of aromatic amines is 1. The third-order valence-electron chi connectivity index (χ3n) is 2.88. The molecule has 0 atom stereocenters. The summed E-state index contributed by atoms with van der Waals surface area (Å²) < 4.78 is 0.777. The van der Waals surface area contributed by atoms with Crippen LogP contribution in [0.4, 0.5) is 11.4 Å². The lowest BCUT2D eigenvalue weighted by molar-refractivity contribution is -0.385. The Bertz CT molecular complexity index is 694. The Morgan fingerprint density at radius 1 is 1.30 bits per heavy atom. The molecular weight excluding hydrogens is 326 g/mol. The molecule has 1 heterocycles. The van der Waals surface area contributed by atoms with Gasteiger partial charge < -0.3 is 10.3 Å². The van der Waals surface area contributed by atoms with Crippen molar-refractivity contribution in [1.82, 2.24) is 4.98 Å². The first-order valence-electron chi connectivity index (χ1n) is 5.79. The topological polar surface area (TPSA) is 88.0 Å². The van der Waals surface area contributed by atoms with Crippen LogP contribution >= 0.6 is 15.9 Å². The van der Waals surface area contributed by atoms with Crippen molar-refractivity contribution in [2.24, 2.45) is 0 Å². The number of aromatic nitrogens is 1.